The third kappa shape index (κ3) is 4.97. The molecule has 2 nitrogen and oxygen atoms in total. The maximum atomic E-state index is 5.40. The average Bonchev–Trinajstić information content (AvgIpc) is 2.97. The van der Waals surface area contributed by atoms with Gasteiger partial charge in [-0.05, 0) is 32.6 Å². The molecule has 0 heterocycles. The molecule has 0 aromatic carbocycles. The molecule has 2 atom stereocenters. The van der Waals surface area contributed by atoms with Crippen LogP contribution in [0.5, 0.6) is 0 Å². The van der Waals surface area contributed by atoms with Crippen LogP contribution in [0.4, 0.5) is 0 Å². The number of nitrogens with one attached hydrogen (secondary N) is 1. The molecule has 1 saturated carbocycles. The van der Waals surface area contributed by atoms with Gasteiger partial charge in [0.25, 0.3) is 0 Å². The maximum Gasteiger partial charge on any atom is 0.0616 e. The van der Waals surface area contributed by atoms with Gasteiger partial charge in [-0.1, -0.05) is 19.8 Å². The Morgan fingerprint density at radius 1 is 1.36 bits per heavy atom. The largest absolute Gasteiger partial charge is 0.380 e. The van der Waals surface area contributed by atoms with Gasteiger partial charge in [-0.2, -0.15) is 0 Å². The van der Waals surface area contributed by atoms with E-state index in [-0.39, 0.29) is 0 Å². The van der Waals surface area contributed by atoms with Gasteiger partial charge in [0, 0.05) is 18.7 Å². The molecule has 1 N–H and O–H groups in total. The first-order valence-electron chi connectivity index (χ1n) is 6.10. The van der Waals surface area contributed by atoms with Gasteiger partial charge in [-0.25, -0.2) is 0 Å². The van der Waals surface area contributed by atoms with Crippen LogP contribution in [-0.2, 0) is 4.74 Å². The van der Waals surface area contributed by atoms with Gasteiger partial charge < -0.3 is 10.1 Å². The third-order valence-corrected chi connectivity index (χ3v) is 2.90. The monoisotopic (exact) mass is 199 g/mol. The molecule has 1 fully saturated rings. The highest BCUT2D eigenvalue weighted by molar-refractivity contribution is 4.80. The van der Waals surface area contributed by atoms with Crippen LogP contribution >= 0.6 is 0 Å². The molecule has 0 amide bonds. The summed E-state index contributed by atoms with van der Waals surface area (Å²) in [6.45, 7) is 8.20. The van der Waals surface area contributed by atoms with Gasteiger partial charge in [0.15, 0.2) is 0 Å². The Bertz CT molecular complexity index is 145. The molecule has 1 aliphatic rings. The second-order valence-corrected chi connectivity index (χ2v) is 4.51. The molecular formula is C12H25NO. The first-order chi connectivity index (χ1) is 6.76. The van der Waals surface area contributed by atoms with Gasteiger partial charge in [0.2, 0.25) is 0 Å². The van der Waals surface area contributed by atoms with Crippen LogP contribution in [0.15, 0.2) is 0 Å². The lowest BCUT2D eigenvalue weighted by Gasteiger charge is -2.22. The van der Waals surface area contributed by atoms with Crippen molar-refractivity contribution in [3.63, 3.8) is 0 Å². The number of hydrogen-bond acceptors (Lipinski definition) is 2. The smallest absolute Gasteiger partial charge is 0.0616 e. The standard InChI is InChI=1S/C12H25NO/c1-4-12(8-11-6-7-11)13-10(3)9-14-5-2/h10-13H,4-9H2,1-3H3. The number of rotatable bonds is 8. The molecule has 14 heavy (non-hydrogen) atoms. The summed E-state index contributed by atoms with van der Waals surface area (Å²) in [7, 11) is 0. The predicted octanol–water partition coefficient (Wildman–Crippen LogP) is 2.58. The third-order valence-electron chi connectivity index (χ3n) is 2.90. The first kappa shape index (κ1) is 12.0. The summed E-state index contributed by atoms with van der Waals surface area (Å²) in [6, 6.07) is 1.21. The minimum absolute atomic E-state index is 0.499. The molecule has 2 unspecified atom stereocenters. The van der Waals surface area contributed by atoms with Gasteiger partial charge >= 0.3 is 0 Å². The molecule has 0 aromatic heterocycles. The normalized spacial score (nSPS) is 20.8. The van der Waals surface area contributed by atoms with Crippen molar-refractivity contribution in [2.45, 2.75) is 58.5 Å². The summed E-state index contributed by atoms with van der Waals surface area (Å²) in [5.41, 5.74) is 0. The molecule has 0 spiro atoms. The Balaban J connectivity index is 2.10. The van der Waals surface area contributed by atoms with E-state index < -0.39 is 0 Å². The van der Waals surface area contributed by atoms with Gasteiger partial charge in [0.1, 0.15) is 0 Å². The summed E-state index contributed by atoms with van der Waals surface area (Å²) in [5, 5.41) is 3.65. The maximum absolute atomic E-state index is 5.40. The zero-order chi connectivity index (χ0) is 10.4. The van der Waals surface area contributed by atoms with E-state index in [0.717, 1.165) is 19.1 Å². The molecular weight excluding hydrogens is 174 g/mol. The lowest BCUT2D eigenvalue weighted by molar-refractivity contribution is 0.122. The fraction of sp³-hybridized carbons (Fsp3) is 1.00. The lowest BCUT2D eigenvalue weighted by atomic mass is 10.1. The Morgan fingerprint density at radius 2 is 2.07 bits per heavy atom. The highest BCUT2D eigenvalue weighted by Gasteiger charge is 2.25. The molecule has 84 valence electrons. The SMILES string of the molecule is CCOCC(C)NC(CC)CC1CC1. The minimum Gasteiger partial charge on any atom is -0.380 e. The molecule has 0 radical (unpaired) electrons. The highest BCUT2D eigenvalue weighted by atomic mass is 16.5. The van der Waals surface area contributed by atoms with E-state index in [1.165, 1.54) is 25.7 Å². The van der Waals surface area contributed by atoms with Crippen LogP contribution in [0, 0.1) is 5.92 Å². The lowest BCUT2D eigenvalue weighted by Crippen LogP contribution is -2.39. The second kappa shape index (κ2) is 6.41. The van der Waals surface area contributed by atoms with E-state index in [4.69, 9.17) is 4.74 Å². The van der Waals surface area contributed by atoms with Crippen molar-refractivity contribution < 1.29 is 4.74 Å². The van der Waals surface area contributed by atoms with E-state index in [0.29, 0.717) is 12.1 Å². The zero-order valence-electron chi connectivity index (χ0n) is 9.88. The Morgan fingerprint density at radius 3 is 2.57 bits per heavy atom. The summed E-state index contributed by atoms with van der Waals surface area (Å²) in [4.78, 5) is 0. The van der Waals surface area contributed by atoms with E-state index in [1.54, 1.807) is 0 Å². The fourth-order valence-electron chi connectivity index (χ4n) is 1.85. The molecule has 2 heteroatoms. The summed E-state index contributed by atoms with van der Waals surface area (Å²) >= 11 is 0. The first-order valence-corrected chi connectivity index (χ1v) is 6.10. The predicted molar refractivity (Wildman–Crippen MR) is 60.5 cm³/mol. The van der Waals surface area contributed by atoms with Crippen molar-refractivity contribution in [2.24, 2.45) is 5.92 Å². The van der Waals surface area contributed by atoms with Crippen molar-refractivity contribution in [1.82, 2.24) is 5.32 Å². The van der Waals surface area contributed by atoms with Gasteiger partial charge in [0.05, 0.1) is 6.61 Å². The van der Waals surface area contributed by atoms with E-state index in [9.17, 15) is 0 Å². The van der Waals surface area contributed by atoms with E-state index in [2.05, 4.69) is 19.2 Å². The van der Waals surface area contributed by atoms with Crippen molar-refractivity contribution in [1.29, 1.82) is 0 Å². The van der Waals surface area contributed by atoms with Gasteiger partial charge in [-0.3, -0.25) is 0 Å². The second-order valence-electron chi connectivity index (χ2n) is 4.51. The van der Waals surface area contributed by atoms with Crippen molar-refractivity contribution in [3.8, 4) is 0 Å². The molecule has 0 saturated heterocycles. The Labute approximate surface area is 88.4 Å². The Hall–Kier alpha value is -0.0800. The van der Waals surface area contributed by atoms with Crippen molar-refractivity contribution >= 4 is 0 Å². The van der Waals surface area contributed by atoms with Crippen molar-refractivity contribution in [3.05, 3.63) is 0 Å². The van der Waals surface area contributed by atoms with Crippen LogP contribution in [0.3, 0.4) is 0 Å². The van der Waals surface area contributed by atoms with E-state index in [1.807, 2.05) is 6.92 Å². The quantitative estimate of drug-likeness (QED) is 0.649. The molecule has 0 aromatic rings. The Kier molecular flexibility index (Phi) is 5.49. The van der Waals surface area contributed by atoms with E-state index >= 15 is 0 Å². The highest BCUT2D eigenvalue weighted by Crippen LogP contribution is 2.34. The van der Waals surface area contributed by atoms with Gasteiger partial charge in [-0.15, -0.1) is 0 Å². The molecule has 1 aliphatic carbocycles. The average molecular weight is 199 g/mol. The number of hydrogen-bond donors (Lipinski definition) is 1. The van der Waals surface area contributed by atoms with Crippen LogP contribution in [0.1, 0.15) is 46.5 Å². The molecule has 0 aliphatic heterocycles. The van der Waals surface area contributed by atoms with Crippen molar-refractivity contribution in [2.75, 3.05) is 13.2 Å². The number of ether oxygens (including phenoxy) is 1. The minimum atomic E-state index is 0.499. The fourth-order valence-corrected chi connectivity index (χ4v) is 1.85. The van der Waals surface area contributed by atoms with Crippen LogP contribution < -0.4 is 5.32 Å². The molecule has 1 rings (SSSR count). The summed E-state index contributed by atoms with van der Waals surface area (Å²) in [5.74, 6) is 1.02. The van der Waals surface area contributed by atoms with Crippen LogP contribution in [0.2, 0.25) is 0 Å². The summed E-state index contributed by atoms with van der Waals surface area (Å²) < 4.78 is 5.40. The summed E-state index contributed by atoms with van der Waals surface area (Å²) in [6.07, 6.45) is 5.52. The zero-order valence-corrected chi connectivity index (χ0v) is 9.88. The van der Waals surface area contributed by atoms with Crippen LogP contribution in [-0.4, -0.2) is 25.3 Å². The topological polar surface area (TPSA) is 21.3 Å². The molecule has 0 bridgehead atoms. The van der Waals surface area contributed by atoms with Crippen LogP contribution in [0.25, 0.3) is 0 Å².